The van der Waals surface area contributed by atoms with Gasteiger partial charge in [0.2, 0.25) is 0 Å². The second kappa shape index (κ2) is 6.04. The molecular formula is C16H25BrN2O. The fourth-order valence-electron chi connectivity index (χ4n) is 3.02. The summed E-state index contributed by atoms with van der Waals surface area (Å²) in [7, 11) is 0. The number of anilines is 1. The lowest BCUT2D eigenvalue weighted by Gasteiger charge is -2.46. The third-order valence-electron chi connectivity index (χ3n) is 4.33. The van der Waals surface area contributed by atoms with Crippen molar-refractivity contribution < 1.29 is 4.74 Å². The van der Waals surface area contributed by atoms with Gasteiger partial charge < -0.3 is 15.8 Å². The zero-order chi connectivity index (χ0) is 14.8. The van der Waals surface area contributed by atoms with Crippen molar-refractivity contribution in [3.8, 4) is 0 Å². The van der Waals surface area contributed by atoms with Gasteiger partial charge in [-0.25, -0.2) is 0 Å². The van der Waals surface area contributed by atoms with Crippen molar-refractivity contribution in [3.05, 3.63) is 28.2 Å². The molecule has 0 aliphatic carbocycles. The molecule has 3 nitrogen and oxygen atoms in total. The van der Waals surface area contributed by atoms with Crippen LogP contribution in [0.15, 0.2) is 22.7 Å². The summed E-state index contributed by atoms with van der Waals surface area (Å²) >= 11 is 3.56. The summed E-state index contributed by atoms with van der Waals surface area (Å²) in [5.74, 6) is 0. The monoisotopic (exact) mass is 340 g/mol. The number of ether oxygens (including phenoxy) is 1. The Morgan fingerprint density at radius 3 is 2.75 bits per heavy atom. The zero-order valence-electron chi connectivity index (χ0n) is 12.6. The molecule has 1 heterocycles. The lowest BCUT2D eigenvalue weighted by atomic mass is 9.79. The van der Waals surface area contributed by atoms with Crippen molar-refractivity contribution in [2.45, 2.75) is 51.2 Å². The Morgan fingerprint density at radius 2 is 2.15 bits per heavy atom. The maximum atomic E-state index is 6.11. The van der Waals surface area contributed by atoms with Crippen LogP contribution in [-0.2, 0) is 4.74 Å². The quantitative estimate of drug-likeness (QED) is 0.875. The first-order valence-electron chi connectivity index (χ1n) is 7.30. The van der Waals surface area contributed by atoms with E-state index in [1.807, 2.05) is 0 Å². The van der Waals surface area contributed by atoms with Gasteiger partial charge in [0, 0.05) is 29.7 Å². The summed E-state index contributed by atoms with van der Waals surface area (Å²) in [5, 5.41) is 3.68. The summed E-state index contributed by atoms with van der Waals surface area (Å²) in [6, 6.07) is 6.39. The fourth-order valence-corrected chi connectivity index (χ4v) is 3.63. The molecule has 2 rings (SSSR count). The van der Waals surface area contributed by atoms with E-state index in [1.165, 1.54) is 5.56 Å². The first-order chi connectivity index (χ1) is 9.40. The van der Waals surface area contributed by atoms with E-state index in [2.05, 4.69) is 60.2 Å². The van der Waals surface area contributed by atoms with E-state index in [9.17, 15) is 0 Å². The van der Waals surface area contributed by atoms with Gasteiger partial charge in [0.25, 0.3) is 0 Å². The average Bonchev–Trinajstić information content (AvgIpc) is 2.37. The first-order valence-corrected chi connectivity index (χ1v) is 8.09. The van der Waals surface area contributed by atoms with Crippen molar-refractivity contribution >= 4 is 21.6 Å². The minimum atomic E-state index is -0.0777. The molecule has 0 spiro atoms. The molecule has 1 aromatic rings. The number of nitrogens with two attached hydrogens (primary N) is 1. The summed E-state index contributed by atoms with van der Waals surface area (Å²) in [4.78, 5) is 0. The van der Waals surface area contributed by atoms with Crippen LogP contribution in [0.3, 0.4) is 0 Å². The Morgan fingerprint density at radius 1 is 1.40 bits per heavy atom. The Balaban J connectivity index is 2.23. The van der Waals surface area contributed by atoms with Crippen LogP contribution in [0.25, 0.3) is 0 Å². The molecule has 2 atom stereocenters. The molecule has 3 N–H and O–H groups in total. The summed E-state index contributed by atoms with van der Waals surface area (Å²) in [5.41, 5.74) is 8.32. The van der Waals surface area contributed by atoms with E-state index in [4.69, 9.17) is 10.5 Å². The highest BCUT2D eigenvalue weighted by Gasteiger charge is 2.41. The molecule has 0 saturated carbocycles. The van der Waals surface area contributed by atoms with Crippen LogP contribution < -0.4 is 11.1 Å². The average molecular weight is 341 g/mol. The fraction of sp³-hybridized carbons (Fsp3) is 0.625. The van der Waals surface area contributed by atoms with Gasteiger partial charge in [0.1, 0.15) is 0 Å². The van der Waals surface area contributed by atoms with Crippen LogP contribution in [0.2, 0.25) is 0 Å². The third-order valence-corrected chi connectivity index (χ3v) is 4.79. The summed E-state index contributed by atoms with van der Waals surface area (Å²) < 4.78 is 7.05. The molecule has 1 fully saturated rings. The molecule has 1 aliphatic rings. The molecule has 1 saturated heterocycles. The standard InChI is InChI=1S/C16H25BrN2O/c1-4-15(3)10-16(11-18,5-6-20-15)19-14-8-12(2)7-13(17)9-14/h7-9,19H,4-6,10-11,18H2,1-3H3. The molecule has 1 aromatic carbocycles. The van der Waals surface area contributed by atoms with Gasteiger partial charge in [-0.3, -0.25) is 0 Å². The van der Waals surface area contributed by atoms with Gasteiger partial charge in [0.05, 0.1) is 11.1 Å². The van der Waals surface area contributed by atoms with E-state index in [1.54, 1.807) is 0 Å². The van der Waals surface area contributed by atoms with E-state index in [0.717, 1.165) is 36.0 Å². The number of halogens is 1. The van der Waals surface area contributed by atoms with Gasteiger partial charge in [-0.05, 0) is 50.5 Å². The van der Waals surface area contributed by atoms with Gasteiger partial charge in [-0.2, -0.15) is 0 Å². The van der Waals surface area contributed by atoms with Crippen molar-refractivity contribution in [1.29, 1.82) is 0 Å². The highest BCUT2D eigenvalue weighted by atomic mass is 79.9. The van der Waals surface area contributed by atoms with Crippen molar-refractivity contribution in [3.63, 3.8) is 0 Å². The molecule has 0 aromatic heterocycles. The van der Waals surface area contributed by atoms with Crippen LogP contribution in [0.4, 0.5) is 5.69 Å². The maximum Gasteiger partial charge on any atom is 0.0674 e. The highest BCUT2D eigenvalue weighted by molar-refractivity contribution is 9.10. The number of rotatable bonds is 4. The Kier molecular flexibility index (Phi) is 4.77. The minimum absolute atomic E-state index is 0.0732. The normalized spacial score (nSPS) is 30.2. The molecule has 112 valence electrons. The number of nitrogens with one attached hydrogen (secondary N) is 1. The van der Waals surface area contributed by atoms with Gasteiger partial charge >= 0.3 is 0 Å². The van der Waals surface area contributed by atoms with E-state index >= 15 is 0 Å². The third kappa shape index (κ3) is 3.54. The highest BCUT2D eigenvalue weighted by Crippen LogP contribution is 2.36. The Hall–Kier alpha value is -0.580. The smallest absolute Gasteiger partial charge is 0.0674 e. The molecule has 0 amide bonds. The molecule has 0 radical (unpaired) electrons. The summed E-state index contributed by atoms with van der Waals surface area (Å²) in [6.45, 7) is 7.85. The molecular weight excluding hydrogens is 316 g/mol. The molecule has 2 unspecified atom stereocenters. The van der Waals surface area contributed by atoms with E-state index < -0.39 is 0 Å². The van der Waals surface area contributed by atoms with Crippen LogP contribution in [0, 0.1) is 6.92 Å². The molecule has 1 aliphatic heterocycles. The van der Waals surface area contributed by atoms with Crippen LogP contribution >= 0.6 is 15.9 Å². The maximum absolute atomic E-state index is 6.11. The lowest BCUT2D eigenvalue weighted by Crippen LogP contribution is -2.55. The molecule has 20 heavy (non-hydrogen) atoms. The first kappa shape index (κ1) is 15.8. The van der Waals surface area contributed by atoms with Crippen LogP contribution in [0.5, 0.6) is 0 Å². The molecule has 0 bridgehead atoms. The predicted molar refractivity (Wildman–Crippen MR) is 88.2 cm³/mol. The second-order valence-electron chi connectivity index (χ2n) is 6.21. The number of benzene rings is 1. The van der Waals surface area contributed by atoms with Gasteiger partial charge in [0.15, 0.2) is 0 Å². The predicted octanol–water partition coefficient (Wildman–Crippen LogP) is 3.85. The van der Waals surface area contributed by atoms with E-state index in [0.29, 0.717) is 6.54 Å². The molecule has 4 heteroatoms. The van der Waals surface area contributed by atoms with Crippen molar-refractivity contribution in [2.24, 2.45) is 5.73 Å². The number of hydrogen-bond donors (Lipinski definition) is 2. The second-order valence-corrected chi connectivity index (χ2v) is 7.12. The van der Waals surface area contributed by atoms with E-state index in [-0.39, 0.29) is 11.1 Å². The van der Waals surface area contributed by atoms with Crippen molar-refractivity contribution in [1.82, 2.24) is 0 Å². The SMILES string of the molecule is CCC1(C)CC(CN)(Nc2cc(C)cc(Br)c2)CCO1. The van der Waals surface area contributed by atoms with Gasteiger partial charge in [-0.15, -0.1) is 0 Å². The number of aryl methyl sites for hydroxylation is 1. The van der Waals surface area contributed by atoms with Crippen molar-refractivity contribution in [2.75, 3.05) is 18.5 Å². The van der Waals surface area contributed by atoms with Crippen LogP contribution in [-0.4, -0.2) is 24.3 Å². The summed E-state index contributed by atoms with van der Waals surface area (Å²) in [6.07, 6.45) is 2.90. The minimum Gasteiger partial charge on any atom is -0.378 e. The zero-order valence-corrected chi connectivity index (χ0v) is 14.2. The topological polar surface area (TPSA) is 47.3 Å². The number of hydrogen-bond acceptors (Lipinski definition) is 3. The van der Waals surface area contributed by atoms with Crippen LogP contribution in [0.1, 0.15) is 38.7 Å². The van der Waals surface area contributed by atoms with Gasteiger partial charge in [-0.1, -0.05) is 22.9 Å². The Labute approximate surface area is 130 Å². The Bertz CT molecular complexity index is 459. The lowest BCUT2D eigenvalue weighted by molar-refractivity contribution is -0.0882. The largest absolute Gasteiger partial charge is 0.378 e.